The molecule has 0 saturated carbocycles. The van der Waals surface area contributed by atoms with Gasteiger partial charge in [0.25, 0.3) is 0 Å². The van der Waals surface area contributed by atoms with Gasteiger partial charge in [0, 0.05) is 0 Å². The molecule has 0 amide bonds. The van der Waals surface area contributed by atoms with E-state index in [1.165, 1.54) is 11.3 Å². The molecule has 0 saturated heterocycles. The molecule has 50 valence electrons. The zero-order chi connectivity index (χ0) is 6.97. The SMILES string of the molecule is Cc1cnc2ncsc2n1. The highest BCUT2D eigenvalue weighted by atomic mass is 32.1. The van der Waals surface area contributed by atoms with E-state index in [0.29, 0.717) is 0 Å². The van der Waals surface area contributed by atoms with Gasteiger partial charge < -0.3 is 0 Å². The van der Waals surface area contributed by atoms with Crippen molar-refractivity contribution in [1.29, 1.82) is 0 Å². The molecule has 0 spiro atoms. The standard InChI is InChI=1S/C6H5N3S/c1-4-2-7-5-6(9-4)10-3-8-5/h2-3H,1H3. The topological polar surface area (TPSA) is 38.7 Å². The lowest BCUT2D eigenvalue weighted by Gasteiger charge is -1.87. The van der Waals surface area contributed by atoms with E-state index >= 15 is 0 Å². The smallest absolute Gasteiger partial charge is 0.189 e. The first kappa shape index (κ1) is 5.73. The molecule has 0 radical (unpaired) electrons. The van der Waals surface area contributed by atoms with Crippen molar-refractivity contribution in [3.8, 4) is 0 Å². The number of fused-ring (bicyclic) bond motifs is 1. The lowest BCUT2D eigenvalue weighted by atomic mass is 10.5. The van der Waals surface area contributed by atoms with Gasteiger partial charge in [0.15, 0.2) is 10.5 Å². The second kappa shape index (κ2) is 1.98. The number of aryl methyl sites for hydroxylation is 1. The van der Waals surface area contributed by atoms with Gasteiger partial charge in [0.05, 0.1) is 17.4 Å². The fourth-order valence-electron chi connectivity index (χ4n) is 0.743. The van der Waals surface area contributed by atoms with Crippen molar-refractivity contribution in [2.75, 3.05) is 0 Å². The molecule has 0 N–H and O–H groups in total. The summed E-state index contributed by atoms with van der Waals surface area (Å²) >= 11 is 1.52. The van der Waals surface area contributed by atoms with E-state index in [1.54, 1.807) is 11.7 Å². The summed E-state index contributed by atoms with van der Waals surface area (Å²) in [5.74, 6) is 0. The van der Waals surface area contributed by atoms with E-state index in [0.717, 1.165) is 16.2 Å². The summed E-state index contributed by atoms with van der Waals surface area (Å²) in [7, 11) is 0. The fraction of sp³-hybridized carbons (Fsp3) is 0.167. The fourth-order valence-corrected chi connectivity index (χ4v) is 1.40. The van der Waals surface area contributed by atoms with Gasteiger partial charge in [-0.3, -0.25) is 0 Å². The van der Waals surface area contributed by atoms with Crippen molar-refractivity contribution in [2.45, 2.75) is 6.92 Å². The molecule has 0 bridgehead atoms. The minimum atomic E-state index is 0.746. The van der Waals surface area contributed by atoms with Crippen LogP contribution in [0.1, 0.15) is 5.69 Å². The maximum Gasteiger partial charge on any atom is 0.189 e. The minimum absolute atomic E-state index is 0.746. The quantitative estimate of drug-likeness (QED) is 0.571. The molecule has 0 aliphatic carbocycles. The first-order valence-electron chi connectivity index (χ1n) is 2.89. The third-order valence-corrected chi connectivity index (χ3v) is 1.89. The lowest BCUT2D eigenvalue weighted by Crippen LogP contribution is -1.82. The van der Waals surface area contributed by atoms with Crippen LogP contribution < -0.4 is 0 Å². The van der Waals surface area contributed by atoms with Gasteiger partial charge in [-0.1, -0.05) is 0 Å². The molecule has 0 aliphatic heterocycles. The Balaban J connectivity index is 2.86. The lowest BCUT2D eigenvalue weighted by molar-refractivity contribution is 1.18. The molecule has 0 aliphatic rings. The Kier molecular flexibility index (Phi) is 1.14. The Hall–Kier alpha value is -1.03. The van der Waals surface area contributed by atoms with E-state index in [4.69, 9.17) is 0 Å². The van der Waals surface area contributed by atoms with Gasteiger partial charge in [-0.05, 0) is 6.92 Å². The summed E-state index contributed by atoms with van der Waals surface area (Å²) in [6.45, 7) is 1.92. The third-order valence-electron chi connectivity index (χ3n) is 1.18. The summed E-state index contributed by atoms with van der Waals surface area (Å²) in [6, 6.07) is 0. The molecule has 2 aromatic rings. The van der Waals surface area contributed by atoms with Gasteiger partial charge in [-0.2, -0.15) is 0 Å². The third kappa shape index (κ3) is 0.769. The molecule has 0 atom stereocenters. The van der Waals surface area contributed by atoms with Gasteiger partial charge in [0.1, 0.15) is 0 Å². The van der Waals surface area contributed by atoms with E-state index < -0.39 is 0 Å². The van der Waals surface area contributed by atoms with Crippen LogP contribution in [0.2, 0.25) is 0 Å². The molecular formula is C6H5N3S. The molecule has 0 aromatic carbocycles. The normalized spacial score (nSPS) is 10.5. The average Bonchev–Trinajstić information content (AvgIpc) is 2.33. The maximum absolute atomic E-state index is 4.23. The van der Waals surface area contributed by atoms with Crippen molar-refractivity contribution in [3.63, 3.8) is 0 Å². The monoisotopic (exact) mass is 151 g/mol. The summed E-state index contributed by atoms with van der Waals surface area (Å²) in [6.07, 6.45) is 1.72. The number of aromatic nitrogens is 3. The Labute approximate surface area is 61.8 Å². The molecule has 0 unspecified atom stereocenters. The van der Waals surface area contributed by atoms with Crippen LogP contribution in [0.3, 0.4) is 0 Å². The van der Waals surface area contributed by atoms with Crippen LogP contribution in [-0.2, 0) is 0 Å². The number of thiazole rings is 1. The van der Waals surface area contributed by atoms with Crippen LogP contribution in [0.4, 0.5) is 0 Å². The number of hydrogen-bond acceptors (Lipinski definition) is 4. The molecule has 2 aromatic heterocycles. The minimum Gasteiger partial charge on any atom is -0.237 e. The van der Waals surface area contributed by atoms with Crippen molar-refractivity contribution < 1.29 is 0 Å². The Morgan fingerprint density at radius 1 is 1.40 bits per heavy atom. The summed E-state index contributed by atoms with van der Waals surface area (Å²) in [5.41, 5.74) is 3.44. The summed E-state index contributed by atoms with van der Waals surface area (Å²) in [5, 5.41) is 0. The molecular weight excluding hydrogens is 146 g/mol. The van der Waals surface area contributed by atoms with Gasteiger partial charge in [-0.25, -0.2) is 15.0 Å². The first-order chi connectivity index (χ1) is 4.86. The van der Waals surface area contributed by atoms with Crippen LogP contribution in [0, 0.1) is 6.92 Å². The van der Waals surface area contributed by atoms with Crippen molar-refractivity contribution in [1.82, 2.24) is 15.0 Å². The number of hydrogen-bond donors (Lipinski definition) is 0. The van der Waals surface area contributed by atoms with Crippen LogP contribution in [0.15, 0.2) is 11.7 Å². The summed E-state index contributed by atoms with van der Waals surface area (Å²) in [4.78, 5) is 13.2. The second-order valence-corrected chi connectivity index (χ2v) is 2.83. The van der Waals surface area contributed by atoms with E-state index in [1.807, 2.05) is 6.92 Å². The van der Waals surface area contributed by atoms with Gasteiger partial charge >= 0.3 is 0 Å². The van der Waals surface area contributed by atoms with Crippen molar-refractivity contribution >= 4 is 21.8 Å². The number of nitrogens with zero attached hydrogens (tertiary/aromatic N) is 3. The molecule has 2 heterocycles. The highest BCUT2D eigenvalue weighted by Crippen LogP contribution is 2.11. The molecule has 0 fully saturated rings. The Bertz CT molecular complexity index is 355. The van der Waals surface area contributed by atoms with E-state index in [9.17, 15) is 0 Å². The molecule has 3 nitrogen and oxygen atoms in total. The summed E-state index contributed by atoms with van der Waals surface area (Å²) < 4.78 is 0. The zero-order valence-corrected chi connectivity index (χ0v) is 6.22. The zero-order valence-electron chi connectivity index (χ0n) is 5.40. The highest BCUT2D eigenvalue weighted by molar-refractivity contribution is 7.16. The predicted molar refractivity (Wildman–Crippen MR) is 39.9 cm³/mol. The van der Waals surface area contributed by atoms with Crippen LogP contribution in [0.5, 0.6) is 0 Å². The van der Waals surface area contributed by atoms with Crippen molar-refractivity contribution in [2.24, 2.45) is 0 Å². The van der Waals surface area contributed by atoms with E-state index in [2.05, 4.69) is 15.0 Å². The molecule has 2 rings (SSSR count). The number of rotatable bonds is 0. The molecule has 10 heavy (non-hydrogen) atoms. The Morgan fingerprint density at radius 2 is 2.30 bits per heavy atom. The highest BCUT2D eigenvalue weighted by Gasteiger charge is 1.96. The second-order valence-electron chi connectivity index (χ2n) is 1.99. The first-order valence-corrected chi connectivity index (χ1v) is 3.77. The average molecular weight is 151 g/mol. The molecule has 4 heteroatoms. The van der Waals surface area contributed by atoms with Gasteiger partial charge in [0.2, 0.25) is 0 Å². The maximum atomic E-state index is 4.23. The largest absolute Gasteiger partial charge is 0.237 e. The van der Waals surface area contributed by atoms with Crippen molar-refractivity contribution in [3.05, 3.63) is 17.4 Å². The van der Waals surface area contributed by atoms with Crippen LogP contribution in [0.25, 0.3) is 10.5 Å². The van der Waals surface area contributed by atoms with E-state index in [-0.39, 0.29) is 0 Å². The van der Waals surface area contributed by atoms with Crippen LogP contribution >= 0.6 is 11.3 Å². The Morgan fingerprint density at radius 3 is 3.20 bits per heavy atom. The predicted octanol–water partition coefficient (Wildman–Crippen LogP) is 1.39. The van der Waals surface area contributed by atoms with Crippen LogP contribution in [-0.4, -0.2) is 15.0 Å². The van der Waals surface area contributed by atoms with Gasteiger partial charge in [-0.15, -0.1) is 11.3 Å².